The van der Waals surface area contributed by atoms with Crippen molar-refractivity contribution in [3.8, 4) is 5.75 Å². The molecule has 1 aliphatic heterocycles. The van der Waals surface area contributed by atoms with Gasteiger partial charge in [-0.15, -0.1) is 0 Å². The van der Waals surface area contributed by atoms with Crippen LogP contribution in [-0.2, 0) is 4.74 Å². The van der Waals surface area contributed by atoms with Crippen molar-refractivity contribution in [2.75, 3.05) is 13.2 Å². The molecule has 0 amide bonds. The summed E-state index contributed by atoms with van der Waals surface area (Å²) in [5.41, 5.74) is 0. The molecule has 1 fully saturated rings. The minimum Gasteiger partial charge on any atom is -0.491 e. The summed E-state index contributed by atoms with van der Waals surface area (Å²) >= 11 is 3.25. The lowest BCUT2D eigenvalue weighted by Gasteiger charge is -2.16. The van der Waals surface area contributed by atoms with Crippen LogP contribution in [0.15, 0.2) is 22.7 Å². The monoisotopic (exact) mass is 345 g/mol. The topological polar surface area (TPSA) is 30.5 Å². The van der Waals surface area contributed by atoms with E-state index >= 15 is 0 Å². The quantitative estimate of drug-likeness (QED) is 0.855. The lowest BCUT2D eigenvalue weighted by Crippen LogP contribution is -2.32. The van der Waals surface area contributed by atoms with Crippen LogP contribution in [0, 0.1) is 5.82 Å². The summed E-state index contributed by atoms with van der Waals surface area (Å²) in [6, 6.07) is 5.03. The van der Waals surface area contributed by atoms with Crippen LogP contribution in [-0.4, -0.2) is 31.4 Å². The number of rotatable bonds is 6. The van der Waals surface area contributed by atoms with Gasteiger partial charge in [0.15, 0.2) is 0 Å². The van der Waals surface area contributed by atoms with Crippen LogP contribution >= 0.6 is 15.9 Å². The molecule has 1 aromatic carbocycles. The molecule has 1 aliphatic rings. The van der Waals surface area contributed by atoms with Gasteiger partial charge in [0, 0.05) is 23.1 Å². The predicted molar refractivity (Wildman–Crippen MR) is 80.6 cm³/mol. The van der Waals surface area contributed by atoms with Gasteiger partial charge in [0.05, 0.1) is 12.2 Å². The normalized spacial score (nSPS) is 22.4. The molecule has 5 heteroatoms. The van der Waals surface area contributed by atoms with Crippen molar-refractivity contribution in [2.45, 2.75) is 44.9 Å². The molecule has 0 spiro atoms. The Kier molecular flexibility index (Phi) is 5.81. The van der Waals surface area contributed by atoms with Gasteiger partial charge in [-0.3, -0.25) is 0 Å². The highest BCUT2D eigenvalue weighted by Gasteiger charge is 2.25. The molecule has 2 unspecified atom stereocenters. The van der Waals surface area contributed by atoms with Gasteiger partial charge in [0.25, 0.3) is 0 Å². The SMILES string of the molecule is CC(C)NCC1CCC(COc2cc(F)cc(Br)c2)O1. The highest BCUT2D eigenvalue weighted by atomic mass is 79.9. The molecule has 112 valence electrons. The first-order chi connectivity index (χ1) is 9.52. The number of nitrogens with one attached hydrogen (secondary N) is 1. The van der Waals surface area contributed by atoms with Crippen LogP contribution in [0.5, 0.6) is 5.75 Å². The third-order valence-corrected chi connectivity index (χ3v) is 3.68. The Morgan fingerprint density at radius 3 is 2.80 bits per heavy atom. The maximum absolute atomic E-state index is 13.2. The minimum absolute atomic E-state index is 0.0935. The molecule has 0 saturated carbocycles. The maximum Gasteiger partial charge on any atom is 0.128 e. The first kappa shape index (κ1) is 15.7. The first-order valence-corrected chi connectivity index (χ1v) is 7.80. The second-order valence-electron chi connectivity index (χ2n) is 5.44. The third kappa shape index (κ3) is 5.04. The van der Waals surface area contributed by atoms with Gasteiger partial charge in [-0.25, -0.2) is 4.39 Å². The fourth-order valence-electron chi connectivity index (χ4n) is 2.22. The summed E-state index contributed by atoms with van der Waals surface area (Å²) in [5.74, 6) is 0.227. The highest BCUT2D eigenvalue weighted by Crippen LogP contribution is 2.23. The van der Waals surface area contributed by atoms with Crippen molar-refractivity contribution >= 4 is 15.9 Å². The Morgan fingerprint density at radius 1 is 1.35 bits per heavy atom. The van der Waals surface area contributed by atoms with E-state index in [9.17, 15) is 4.39 Å². The summed E-state index contributed by atoms with van der Waals surface area (Å²) in [4.78, 5) is 0. The zero-order valence-electron chi connectivity index (χ0n) is 11.9. The predicted octanol–water partition coefficient (Wildman–Crippen LogP) is 3.51. The molecule has 1 N–H and O–H groups in total. The summed E-state index contributed by atoms with van der Waals surface area (Å²) in [6.45, 7) is 5.59. The largest absolute Gasteiger partial charge is 0.491 e. The van der Waals surface area contributed by atoms with E-state index in [1.807, 2.05) is 0 Å². The van der Waals surface area contributed by atoms with Crippen LogP contribution in [0.25, 0.3) is 0 Å². The lowest BCUT2D eigenvalue weighted by atomic mass is 10.2. The molecule has 0 aromatic heterocycles. The smallest absolute Gasteiger partial charge is 0.128 e. The molecule has 0 bridgehead atoms. The maximum atomic E-state index is 13.2. The molecular formula is C15H21BrFNO2. The van der Waals surface area contributed by atoms with E-state index in [0.29, 0.717) is 22.9 Å². The fraction of sp³-hybridized carbons (Fsp3) is 0.600. The van der Waals surface area contributed by atoms with Gasteiger partial charge in [-0.2, -0.15) is 0 Å². The van der Waals surface area contributed by atoms with Crippen molar-refractivity contribution < 1.29 is 13.9 Å². The second kappa shape index (κ2) is 7.38. The van der Waals surface area contributed by atoms with E-state index in [4.69, 9.17) is 9.47 Å². The third-order valence-electron chi connectivity index (χ3n) is 3.22. The van der Waals surface area contributed by atoms with Gasteiger partial charge in [-0.05, 0) is 25.0 Å². The fourth-order valence-corrected chi connectivity index (χ4v) is 2.67. The zero-order chi connectivity index (χ0) is 14.5. The summed E-state index contributed by atoms with van der Waals surface area (Å²) in [7, 11) is 0. The Bertz CT molecular complexity index is 422. The molecule has 2 rings (SSSR count). The van der Waals surface area contributed by atoms with Crippen LogP contribution < -0.4 is 10.1 Å². The average Bonchev–Trinajstić information content (AvgIpc) is 2.81. The van der Waals surface area contributed by atoms with Gasteiger partial charge in [0.1, 0.15) is 18.2 Å². The summed E-state index contributed by atoms with van der Waals surface area (Å²) in [5, 5.41) is 3.38. The van der Waals surface area contributed by atoms with E-state index in [1.165, 1.54) is 12.1 Å². The van der Waals surface area contributed by atoms with Crippen LogP contribution in [0.3, 0.4) is 0 Å². The molecule has 20 heavy (non-hydrogen) atoms. The second-order valence-corrected chi connectivity index (χ2v) is 6.35. The Balaban J connectivity index is 1.75. The van der Waals surface area contributed by atoms with E-state index < -0.39 is 0 Å². The van der Waals surface area contributed by atoms with Crippen molar-refractivity contribution in [3.05, 3.63) is 28.5 Å². The first-order valence-electron chi connectivity index (χ1n) is 7.00. The van der Waals surface area contributed by atoms with Crippen molar-refractivity contribution in [1.29, 1.82) is 0 Å². The van der Waals surface area contributed by atoms with Crippen LogP contribution in [0.1, 0.15) is 26.7 Å². The summed E-state index contributed by atoms with van der Waals surface area (Å²) in [6.07, 6.45) is 2.38. The molecule has 3 nitrogen and oxygen atoms in total. The Morgan fingerprint density at radius 2 is 2.10 bits per heavy atom. The Hall–Kier alpha value is -0.650. The molecule has 0 aliphatic carbocycles. The van der Waals surface area contributed by atoms with Gasteiger partial charge in [-0.1, -0.05) is 29.8 Å². The van der Waals surface area contributed by atoms with Crippen molar-refractivity contribution in [2.24, 2.45) is 0 Å². The minimum atomic E-state index is -0.305. The van der Waals surface area contributed by atoms with E-state index in [1.54, 1.807) is 6.07 Å². The number of ether oxygens (including phenoxy) is 2. The van der Waals surface area contributed by atoms with E-state index in [0.717, 1.165) is 19.4 Å². The number of benzene rings is 1. The lowest BCUT2D eigenvalue weighted by molar-refractivity contribution is 0.0178. The van der Waals surface area contributed by atoms with Gasteiger partial charge >= 0.3 is 0 Å². The van der Waals surface area contributed by atoms with Crippen LogP contribution in [0.2, 0.25) is 0 Å². The Labute approximate surface area is 128 Å². The summed E-state index contributed by atoms with van der Waals surface area (Å²) < 4.78 is 25.4. The highest BCUT2D eigenvalue weighted by molar-refractivity contribution is 9.10. The van der Waals surface area contributed by atoms with Gasteiger partial charge < -0.3 is 14.8 Å². The van der Waals surface area contributed by atoms with Gasteiger partial charge in [0.2, 0.25) is 0 Å². The average molecular weight is 346 g/mol. The molecular weight excluding hydrogens is 325 g/mol. The molecule has 1 heterocycles. The number of hydrogen-bond acceptors (Lipinski definition) is 3. The zero-order valence-corrected chi connectivity index (χ0v) is 13.5. The molecule has 0 radical (unpaired) electrons. The molecule has 2 atom stereocenters. The molecule has 1 saturated heterocycles. The van der Waals surface area contributed by atoms with Crippen molar-refractivity contribution in [1.82, 2.24) is 5.32 Å². The van der Waals surface area contributed by atoms with Crippen LogP contribution in [0.4, 0.5) is 4.39 Å². The van der Waals surface area contributed by atoms with E-state index in [-0.39, 0.29) is 18.0 Å². The van der Waals surface area contributed by atoms with Crippen molar-refractivity contribution in [3.63, 3.8) is 0 Å². The standard InChI is InChI=1S/C15H21BrFNO2/c1-10(2)18-8-13-3-4-14(20-13)9-19-15-6-11(16)5-12(17)7-15/h5-7,10,13-14,18H,3-4,8-9H2,1-2H3. The number of hydrogen-bond donors (Lipinski definition) is 1. The molecule has 1 aromatic rings. The van der Waals surface area contributed by atoms with E-state index in [2.05, 4.69) is 35.1 Å². The number of halogens is 2.